The number of nitrogens with one attached hydrogen (secondary N) is 1. The standard InChI is InChI=1S/C13H23N7O3/c1-3-18(8-9-21)13-11(20(22)23)12(14-10-15-13)16-19-6-4-17(2)5-7-19/h10,21H,3-9H2,1-2H3,(H,14,15,16). The van der Waals surface area contributed by atoms with E-state index in [0.717, 1.165) is 26.2 Å². The summed E-state index contributed by atoms with van der Waals surface area (Å²) in [4.78, 5) is 23.0. The van der Waals surface area contributed by atoms with Crippen LogP contribution >= 0.6 is 0 Å². The van der Waals surface area contributed by atoms with E-state index in [2.05, 4.69) is 20.3 Å². The van der Waals surface area contributed by atoms with Crippen LogP contribution in [0.5, 0.6) is 0 Å². The first-order valence-electron chi connectivity index (χ1n) is 7.62. The number of nitrogens with zero attached hydrogens (tertiary/aromatic N) is 6. The normalized spacial score (nSPS) is 16.3. The predicted octanol–water partition coefficient (Wildman–Crippen LogP) is -0.222. The summed E-state index contributed by atoms with van der Waals surface area (Å²) in [6.45, 7) is 5.80. The van der Waals surface area contributed by atoms with Crippen LogP contribution in [0.4, 0.5) is 17.3 Å². The lowest BCUT2D eigenvalue weighted by atomic mass is 10.3. The van der Waals surface area contributed by atoms with Gasteiger partial charge < -0.3 is 14.9 Å². The summed E-state index contributed by atoms with van der Waals surface area (Å²) >= 11 is 0. The number of piperazine rings is 1. The van der Waals surface area contributed by atoms with Crippen LogP contribution in [0.2, 0.25) is 0 Å². The third-order valence-electron chi connectivity index (χ3n) is 3.80. The number of hydrazine groups is 1. The van der Waals surface area contributed by atoms with E-state index >= 15 is 0 Å². The second kappa shape index (κ2) is 7.99. The number of nitro groups is 1. The summed E-state index contributed by atoms with van der Waals surface area (Å²) < 4.78 is 0. The topological polar surface area (TPSA) is 111 Å². The SMILES string of the molecule is CCN(CCO)c1ncnc(NN2CCN(C)CC2)c1[N+](=O)[O-]. The number of hydrogen-bond acceptors (Lipinski definition) is 9. The predicted molar refractivity (Wildman–Crippen MR) is 86.4 cm³/mol. The second-order valence-electron chi connectivity index (χ2n) is 5.36. The number of aromatic nitrogens is 2. The molecule has 2 rings (SSSR count). The number of anilines is 2. The van der Waals surface area contributed by atoms with E-state index in [1.165, 1.54) is 6.33 Å². The lowest BCUT2D eigenvalue weighted by Gasteiger charge is -2.32. The van der Waals surface area contributed by atoms with Crippen LogP contribution in [-0.2, 0) is 0 Å². The first-order valence-corrected chi connectivity index (χ1v) is 7.62. The molecule has 2 N–H and O–H groups in total. The quantitative estimate of drug-likeness (QED) is 0.519. The number of likely N-dealkylation sites (N-methyl/N-ethyl adjacent to an activating group) is 2. The zero-order valence-corrected chi connectivity index (χ0v) is 13.5. The highest BCUT2D eigenvalue weighted by Crippen LogP contribution is 2.31. The largest absolute Gasteiger partial charge is 0.395 e. The van der Waals surface area contributed by atoms with Crippen LogP contribution < -0.4 is 10.3 Å². The average molecular weight is 325 g/mol. The monoisotopic (exact) mass is 325 g/mol. The molecule has 0 radical (unpaired) electrons. The van der Waals surface area contributed by atoms with E-state index in [9.17, 15) is 10.1 Å². The van der Waals surface area contributed by atoms with E-state index in [1.54, 1.807) is 4.90 Å². The number of hydrogen-bond donors (Lipinski definition) is 2. The van der Waals surface area contributed by atoms with Crippen molar-refractivity contribution in [2.75, 3.05) is 63.2 Å². The first kappa shape index (κ1) is 17.3. The van der Waals surface area contributed by atoms with Crippen molar-refractivity contribution in [3.8, 4) is 0 Å². The molecule has 0 aromatic carbocycles. The Labute approximate surface area is 134 Å². The Balaban J connectivity index is 2.26. The maximum Gasteiger partial charge on any atom is 0.354 e. The first-order chi connectivity index (χ1) is 11.1. The Morgan fingerprint density at radius 2 is 2.09 bits per heavy atom. The summed E-state index contributed by atoms with van der Waals surface area (Å²) in [6.07, 6.45) is 1.31. The fourth-order valence-electron chi connectivity index (χ4n) is 2.45. The molecule has 0 atom stereocenters. The van der Waals surface area contributed by atoms with Crippen LogP contribution in [0, 0.1) is 10.1 Å². The zero-order chi connectivity index (χ0) is 16.8. The van der Waals surface area contributed by atoms with Crippen molar-refractivity contribution in [3.05, 3.63) is 16.4 Å². The van der Waals surface area contributed by atoms with E-state index < -0.39 is 4.92 Å². The molecule has 1 aliphatic rings. The molecule has 2 heterocycles. The van der Waals surface area contributed by atoms with Gasteiger partial charge in [-0.1, -0.05) is 0 Å². The van der Waals surface area contributed by atoms with E-state index in [-0.39, 0.29) is 30.5 Å². The van der Waals surface area contributed by atoms with Crippen LogP contribution in [-0.4, -0.2) is 82.8 Å². The minimum Gasteiger partial charge on any atom is -0.395 e. The number of aliphatic hydroxyl groups is 1. The van der Waals surface area contributed by atoms with Gasteiger partial charge in [-0.25, -0.2) is 15.0 Å². The zero-order valence-electron chi connectivity index (χ0n) is 13.5. The molecule has 128 valence electrons. The van der Waals surface area contributed by atoms with Gasteiger partial charge in [-0.2, -0.15) is 0 Å². The van der Waals surface area contributed by atoms with Gasteiger partial charge in [0.1, 0.15) is 6.33 Å². The lowest BCUT2D eigenvalue weighted by molar-refractivity contribution is -0.383. The summed E-state index contributed by atoms with van der Waals surface area (Å²) in [6, 6.07) is 0. The molecule has 23 heavy (non-hydrogen) atoms. The summed E-state index contributed by atoms with van der Waals surface area (Å²) in [5.41, 5.74) is 2.87. The number of aliphatic hydroxyl groups excluding tert-OH is 1. The fraction of sp³-hybridized carbons (Fsp3) is 0.692. The second-order valence-corrected chi connectivity index (χ2v) is 5.36. The van der Waals surface area contributed by atoms with Gasteiger partial charge in [0.05, 0.1) is 11.5 Å². The summed E-state index contributed by atoms with van der Waals surface area (Å²) in [5.74, 6) is 0.402. The van der Waals surface area contributed by atoms with Gasteiger partial charge in [0.2, 0.25) is 11.6 Å². The summed E-state index contributed by atoms with van der Waals surface area (Å²) in [7, 11) is 2.04. The van der Waals surface area contributed by atoms with E-state index in [0.29, 0.717) is 6.54 Å². The molecule has 0 spiro atoms. The maximum absolute atomic E-state index is 11.5. The Hall–Kier alpha value is -2.04. The van der Waals surface area contributed by atoms with Crippen LogP contribution in [0.15, 0.2) is 6.33 Å². The molecule has 0 aliphatic carbocycles. The van der Waals surface area contributed by atoms with Gasteiger partial charge in [0, 0.05) is 39.3 Å². The van der Waals surface area contributed by atoms with E-state index in [4.69, 9.17) is 5.11 Å². The molecule has 0 unspecified atom stereocenters. The molecule has 0 amide bonds. The molecule has 1 aliphatic heterocycles. The molecule has 0 bridgehead atoms. The molecule has 1 aromatic rings. The third kappa shape index (κ3) is 4.24. The average Bonchev–Trinajstić information content (AvgIpc) is 2.54. The van der Waals surface area contributed by atoms with Gasteiger partial charge in [-0.15, -0.1) is 0 Å². The smallest absolute Gasteiger partial charge is 0.354 e. The van der Waals surface area contributed by atoms with Crippen molar-refractivity contribution in [1.82, 2.24) is 19.9 Å². The Kier molecular flexibility index (Phi) is 6.02. The van der Waals surface area contributed by atoms with Crippen LogP contribution in [0.3, 0.4) is 0 Å². The molecule has 10 nitrogen and oxygen atoms in total. The highest BCUT2D eigenvalue weighted by atomic mass is 16.6. The maximum atomic E-state index is 11.5. The Morgan fingerprint density at radius 3 is 2.65 bits per heavy atom. The molecule has 0 saturated carbocycles. The molecular formula is C13H23N7O3. The number of rotatable bonds is 7. The van der Waals surface area contributed by atoms with Crippen molar-refractivity contribution < 1.29 is 10.0 Å². The van der Waals surface area contributed by atoms with Crippen molar-refractivity contribution in [1.29, 1.82) is 0 Å². The van der Waals surface area contributed by atoms with Crippen molar-refractivity contribution in [3.63, 3.8) is 0 Å². The van der Waals surface area contributed by atoms with Crippen molar-refractivity contribution >= 4 is 17.3 Å². The highest BCUT2D eigenvalue weighted by molar-refractivity contribution is 5.70. The Bertz CT molecular complexity index is 534. The van der Waals surface area contributed by atoms with Crippen LogP contribution in [0.25, 0.3) is 0 Å². The minimum absolute atomic E-state index is 0.101. The molecule has 1 aromatic heterocycles. The summed E-state index contributed by atoms with van der Waals surface area (Å²) in [5, 5.41) is 22.6. The molecule has 1 saturated heterocycles. The lowest BCUT2D eigenvalue weighted by Crippen LogP contribution is -2.47. The van der Waals surface area contributed by atoms with Gasteiger partial charge in [0.15, 0.2) is 0 Å². The minimum atomic E-state index is -0.478. The third-order valence-corrected chi connectivity index (χ3v) is 3.80. The van der Waals surface area contributed by atoms with Crippen LogP contribution in [0.1, 0.15) is 6.92 Å². The van der Waals surface area contributed by atoms with Gasteiger partial charge in [0.25, 0.3) is 0 Å². The van der Waals surface area contributed by atoms with Crippen molar-refractivity contribution in [2.45, 2.75) is 6.92 Å². The molecule has 1 fully saturated rings. The molecular weight excluding hydrogens is 302 g/mol. The highest BCUT2D eigenvalue weighted by Gasteiger charge is 2.28. The fourth-order valence-corrected chi connectivity index (χ4v) is 2.45. The van der Waals surface area contributed by atoms with Gasteiger partial charge >= 0.3 is 5.69 Å². The molecule has 10 heteroatoms. The van der Waals surface area contributed by atoms with Gasteiger partial charge in [-0.05, 0) is 14.0 Å². The van der Waals surface area contributed by atoms with Gasteiger partial charge in [-0.3, -0.25) is 15.5 Å². The Morgan fingerprint density at radius 1 is 1.39 bits per heavy atom. The van der Waals surface area contributed by atoms with Crippen molar-refractivity contribution in [2.24, 2.45) is 0 Å². The van der Waals surface area contributed by atoms with E-state index in [1.807, 2.05) is 19.0 Å².